The molecule has 0 aliphatic carbocycles. The van der Waals surface area contributed by atoms with Crippen LogP contribution in [0.25, 0.3) is 0 Å². The lowest BCUT2D eigenvalue weighted by atomic mass is 10.2. The monoisotopic (exact) mass is 171 g/mol. The normalized spacial score (nSPS) is 10.9. The van der Waals surface area contributed by atoms with E-state index >= 15 is 0 Å². The van der Waals surface area contributed by atoms with Gasteiger partial charge in [-0.1, -0.05) is 0 Å². The lowest BCUT2D eigenvalue weighted by Gasteiger charge is -2.08. The lowest BCUT2D eigenvalue weighted by Crippen LogP contribution is -2.10. The highest BCUT2D eigenvalue weighted by atomic mass is 32.1. The SMILES string of the molecule is CN(C)Cc1sccc1CO. The van der Waals surface area contributed by atoms with E-state index < -0.39 is 0 Å². The Labute approximate surface area is 71.1 Å². The van der Waals surface area contributed by atoms with Crippen LogP contribution >= 0.6 is 11.3 Å². The first kappa shape index (κ1) is 8.71. The summed E-state index contributed by atoms with van der Waals surface area (Å²) in [5.74, 6) is 0. The molecule has 1 heterocycles. The average Bonchev–Trinajstić information content (AvgIpc) is 2.34. The van der Waals surface area contributed by atoms with Gasteiger partial charge in [0, 0.05) is 11.4 Å². The van der Waals surface area contributed by atoms with Crippen molar-refractivity contribution < 1.29 is 5.11 Å². The standard InChI is InChI=1S/C8H13NOS/c1-9(2)5-8-7(6-10)3-4-11-8/h3-4,10H,5-6H2,1-2H3. The third-order valence-electron chi connectivity index (χ3n) is 1.47. The minimum Gasteiger partial charge on any atom is -0.392 e. The summed E-state index contributed by atoms with van der Waals surface area (Å²) in [5, 5.41) is 10.9. The van der Waals surface area contributed by atoms with Gasteiger partial charge in [-0.15, -0.1) is 11.3 Å². The Kier molecular flexibility index (Phi) is 3.05. The molecule has 2 nitrogen and oxygen atoms in total. The van der Waals surface area contributed by atoms with Crippen LogP contribution in [0.2, 0.25) is 0 Å². The molecule has 0 aliphatic rings. The number of thiophene rings is 1. The summed E-state index contributed by atoms with van der Waals surface area (Å²) in [6.45, 7) is 1.08. The van der Waals surface area contributed by atoms with E-state index in [0.717, 1.165) is 12.1 Å². The zero-order chi connectivity index (χ0) is 8.27. The van der Waals surface area contributed by atoms with Gasteiger partial charge in [-0.05, 0) is 31.1 Å². The van der Waals surface area contributed by atoms with Crippen LogP contribution in [0.4, 0.5) is 0 Å². The summed E-state index contributed by atoms with van der Waals surface area (Å²) in [4.78, 5) is 3.36. The highest BCUT2D eigenvalue weighted by molar-refractivity contribution is 7.10. The van der Waals surface area contributed by atoms with Crippen LogP contribution in [0.1, 0.15) is 10.4 Å². The van der Waals surface area contributed by atoms with Crippen molar-refractivity contribution in [2.24, 2.45) is 0 Å². The van der Waals surface area contributed by atoms with E-state index in [9.17, 15) is 0 Å². The summed E-state index contributed by atoms with van der Waals surface area (Å²) in [6.07, 6.45) is 0. The summed E-state index contributed by atoms with van der Waals surface area (Å²) in [5.41, 5.74) is 1.06. The molecule has 1 N–H and O–H groups in total. The largest absolute Gasteiger partial charge is 0.392 e. The zero-order valence-electron chi connectivity index (χ0n) is 6.87. The molecule has 0 aromatic carbocycles. The molecule has 1 aromatic heterocycles. The van der Waals surface area contributed by atoms with Crippen molar-refractivity contribution in [1.82, 2.24) is 4.90 Å². The van der Waals surface area contributed by atoms with Gasteiger partial charge < -0.3 is 10.0 Å². The van der Waals surface area contributed by atoms with Gasteiger partial charge in [-0.25, -0.2) is 0 Å². The number of nitrogens with zero attached hydrogens (tertiary/aromatic N) is 1. The van der Waals surface area contributed by atoms with Crippen molar-refractivity contribution in [3.63, 3.8) is 0 Å². The van der Waals surface area contributed by atoms with Gasteiger partial charge in [-0.2, -0.15) is 0 Å². The quantitative estimate of drug-likeness (QED) is 0.741. The Morgan fingerprint density at radius 3 is 2.82 bits per heavy atom. The molecule has 0 radical (unpaired) electrons. The molecule has 0 aliphatic heterocycles. The maximum Gasteiger partial charge on any atom is 0.0693 e. The molecule has 1 rings (SSSR count). The first-order valence-electron chi connectivity index (χ1n) is 3.55. The smallest absolute Gasteiger partial charge is 0.0693 e. The van der Waals surface area contributed by atoms with Crippen LogP contribution in [0.15, 0.2) is 11.4 Å². The van der Waals surface area contributed by atoms with Crippen LogP contribution in [-0.2, 0) is 13.2 Å². The average molecular weight is 171 g/mol. The molecule has 0 spiro atoms. The van der Waals surface area contributed by atoms with Crippen LogP contribution in [0, 0.1) is 0 Å². The number of hydrogen-bond acceptors (Lipinski definition) is 3. The summed E-state index contributed by atoms with van der Waals surface area (Å²) >= 11 is 1.70. The van der Waals surface area contributed by atoms with Gasteiger partial charge in [0.1, 0.15) is 0 Å². The molecular formula is C8H13NOS. The summed E-state index contributed by atoms with van der Waals surface area (Å²) in [7, 11) is 4.06. The van der Waals surface area contributed by atoms with Crippen LogP contribution < -0.4 is 0 Å². The van der Waals surface area contributed by atoms with E-state index in [1.165, 1.54) is 4.88 Å². The number of rotatable bonds is 3. The maximum absolute atomic E-state index is 8.91. The summed E-state index contributed by atoms with van der Waals surface area (Å²) in [6, 6.07) is 1.98. The van der Waals surface area contributed by atoms with Crippen molar-refractivity contribution in [3.05, 3.63) is 21.9 Å². The summed E-state index contributed by atoms with van der Waals surface area (Å²) < 4.78 is 0. The first-order valence-corrected chi connectivity index (χ1v) is 4.43. The van der Waals surface area contributed by atoms with Gasteiger partial charge in [0.2, 0.25) is 0 Å². The highest BCUT2D eigenvalue weighted by Gasteiger charge is 2.02. The molecule has 3 heteroatoms. The van der Waals surface area contributed by atoms with Crippen molar-refractivity contribution in [2.75, 3.05) is 14.1 Å². The topological polar surface area (TPSA) is 23.5 Å². The van der Waals surface area contributed by atoms with Crippen molar-refractivity contribution >= 4 is 11.3 Å². The van der Waals surface area contributed by atoms with Gasteiger partial charge in [0.15, 0.2) is 0 Å². The molecular weight excluding hydrogens is 158 g/mol. The molecule has 0 amide bonds. The van der Waals surface area contributed by atoms with Crippen molar-refractivity contribution in [3.8, 4) is 0 Å². The maximum atomic E-state index is 8.91. The van der Waals surface area contributed by atoms with E-state index in [2.05, 4.69) is 4.90 Å². The minimum absolute atomic E-state index is 0.159. The van der Waals surface area contributed by atoms with Gasteiger partial charge in [0.25, 0.3) is 0 Å². The second kappa shape index (κ2) is 3.85. The second-order valence-electron chi connectivity index (χ2n) is 2.76. The molecule has 0 unspecified atom stereocenters. The van der Waals surface area contributed by atoms with Crippen LogP contribution in [-0.4, -0.2) is 24.1 Å². The van der Waals surface area contributed by atoms with Crippen molar-refractivity contribution in [2.45, 2.75) is 13.2 Å². The minimum atomic E-state index is 0.159. The third kappa shape index (κ3) is 2.29. The van der Waals surface area contributed by atoms with Crippen LogP contribution in [0.5, 0.6) is 0 Å². The molecule has 0 atom stereocenters. The molecule has 0 saturated heterocycles. The van der Waals surface area contributed by atoms with Gasteiger partial charge in [0.05, 0.1) is 6.61 Å². The second-order valence-corrected chi connectivity index (χ2v) is 3.77. The number of hydrogen-bond donors (Lipinski definition) is 1. The molecule has 0 bridgehead atoms. The van der Waals surface area contributed by atoms with E-state index in [1.54, 1.807) is 11.3 Å². The van der Waals surface area contributed by atoms with E-state index in [-0.39, 0.29) is 6.61 Å². The van der Waals surface area contributed by atoms with E-state index in [1.807, 2.05) is 25.5 Å². The molecule has 11 heavy (non-hydrogen) atoms. The van der Waals surface area contributed by atoms with Gasteiger partial charge in [-0.3, -0.25) is 0 Å². The predicted octanol–water partition coefficient (Wildman–Crippen LogP) is 1.30. The highest BCUT2D eigenvalue weighted by Crippen LogP contribution is 2.17. The fourth-order valence-corrected chi connectivity index (χ4v) is 1.95. The molecule has 1 aromatic rings. The first-order chi connectivity index (χ1) is 5.24. The van der Waals surface area contributed by atoms with Crippen molar-refractivity contribution in [1.29, 1.82) is 0 Å². The fraction of sp³-hybridized carbons (Fsp3) is 0.500. The predicted molar refractivity (Wildman–Crippen MR) is 47.6 cm³/mol. The lowest BCUT2D eigenvalue weighted by molar-refractivity contribution is 0.279. The Morgan fingerprint density at radius 2 is 2.27 bits per heavy atom. The van der Waals surface area contributed by atoms with Gasteiger partial charge >= 0.3 is 0 Å². The number of aliphatic hydroxyl groups excluding tert-OH is 1. The van der Waals surface area contributed by atoms with E-state index in [4.69, 9.17) is 5.11 Å². The molecule has 0 fully saturated rings. The Hall–Kier alpha value is -0.380. The molecule has 62 valence electrons. The zero-order valence-corrected chi connectivity index (χ0v) is 7.69. The van der Waals surface area contributed by atoms with Crippen LogP contribution in [0.3, 0.4) is 0 Å². The fourth-order valence-electron chi connectivity index (χ4n) is 0.934. The Morgan fingerprint density at radius 1 is 1.55 bits per heavy atom. The number of aliphatic hydroxyl groups is 1. The Bertz CT molecular complexity index is 220. The third-order valence-corrected chi connectivity index (χ3v) is 2.42. The Balaban J connectivity index is 2.68. The van der Waals surface area contributed by atoms with E-state index in [0.29, 0.717) is 0 Å². The molecule has 0 saturated carbocycles.